The number of esters is 2. The normalized spacial score (nSPS) is 19.9. The van der Waals surface area contributed by atoms with Crippen LogP contribution in [0.15, 0.2) is 40.9 Å². The number of carbonyl (C=O) groups excluding carboxylic acids is 2. The van der Waals surface area contributed by atoms with E-state index in [0.29, 0.717) is 17.9 Å². The van der Waals surface area contributed by atoms with E-state index in [2.05, 4.69) is 4.99 Å². The second-order valence-electron chi connectivity index (χ2n) is 5.76. The van der Waals surface area contributed by atoms with Gasteiger partial charge in [0.1, 0.15) is 0 Å². The topological polar surface area (TPSA) is 74.2 Å². The van der Waals surface area contributed by atoms with Crippen LogP contribution in [0.2, 0.25) is 0 Å². The second-order valence-corrected chi connectivity index (χ2v) is 5.76. The Kier molecular flexibility index (Phi) is 5.96. The molecule has 0 fully saturated rings. The maximum absolute atomic E-state index is 12.5. The van der Waals surface area contributed by atoms with Crippen molar-refractivity contribution < 1.29 is 23.8 Å². The van der Waals surface area contributed by atoms with E-state index >= 15 is 0 Å². The summed E-state index contributed by atoms with van der Waals surface area (Å²) in [6.45, 7) is 7.18. The van der Waals surface area contributed by atoms with Crippen LogP contribution in [0.5, 0.6) is 0 Å². The lowest BCUT2D eigenvalue weighted by Crippen LogP contribution is -2.44. The summed E-state index contributed by atoms with van der Waals surface area (Å²) in [7, 11) is 0. The average molecular weight is 345 g/mol. The van der Waals surface area contributed by atoms with Crippen LogP contribution in [0.3, 0.4) is 0 Å². The Labute approximate surface area is 147 Å². The van der Waals surface area contributed by atoms with Crippen LogP contribution in [0.25, 0.3) is 5.70 Å². The van der Waals surface area contributed by atoms with Gasteiger partial charge in [-0.3, -0.25) is 4.79 Å². The molecule has 0 aromatic heterocycles. The van der Waals surface area contributed by atoms with Crippen molar-refractivity contribution >= 4 is 23.5 Å². The fourth-order valence-electron chi connectivity index (χ4n) is 2.72. The van der Waals surface area contributed by atoms with Gasteiger partial charge < -0.3 is 14.2 Å². The highest BCUT2D eigenvalue weighted by atomic mass is 16.6. The standard InChI is InChI=1S/C19H23NO5/c1-5-23-17(22)15-12-19(4,25-13(3)21)18(24-6-2)20-16(15)14-10-8-7-9-11-14/h7-11H,5-6,12H2,1-4H3. The molecule has 0 radical (unpaired) electrons. The van der Waals surface area contributed by atoms with Crippen molar-refractivity contribution in [3.8, 4) is 0 Å². The van der Waals surface area contributed by atoms with Gasteiger partial charge in [0, 0.05) is 18.9 Å². The summed E-state index contributed by atoms with van der Waals surface area (Å²) in [6.07, 6.45) is 0.133. The van der Waals surface area contributed by atoms with E-state index in [4.69, 9.17) is 14.2 Å². The smallest absolute Gasteiger partial charge is 0.336 e. The Morgan fingerprint density at radius 1 is 1.16 bits per heavy atom. The molecule has 1 atom stereocenters. The lowest BCUT2D eigenvalue weighted by atomic mass is 9.89. The van der Waals surface area contributed by atoms with E-state index in [-0.39, 0.29) is 18.9 Å². The molecule has 0 saturated heterocycles. The van der Waals surface area contributed by atoms with Crippen molar-refractivity contribution in [3.63, 3.8) is 0 Å². The zero-order chi connectivity index (χ0) is 18.4. The molecule has 0 spiro atoms. The van der Waals surface area contributed by atoms with Gasteiger partial charge in [-0.1, -0.05) is 30.3 Å². The van der Waals surface area contributed by atoms with Crippen LogP contribution >= 0.6 is 0 Å². The monoisotopic (exact) mass is 345 g/mol. The highest BCUT2D eigenvalue weighted by Crippen LogP contribution is 2.36. The minimum absolute atomic E-state index is 0.133. The molecule has 134 valence electrons. The maximum atomic E-state index is 12.5. The Bertz CT molecular complexity index is 708. The fourth-order valence-corrected chi connectivity index (χ4v) is 2.72. The number of rotatable bonds is 5. The van der Waals surface area contributed by atoms with Gasteiger partial charge in [0.2, 0.25) is 5.90 Å². The summed E-state index contributed by atoms with van der Waals surface area (Å²) in [5, 5.41) is 0. The van der Waals surface area contributed by atoms with Crippen molar-refractivity contribution in [2.24, 2.45) is 4.99 Å². The number of hydrogen-bond acceptors (Lipinski definition) is 6. The van der Waals surface area contributed by atoms with E-state index in [1.165, 1.54) is 6.92 Å². The van der Waals surface area contributed by atoms with Gasteiger partial charge in [-0.25, -0.2) is 9.79 Å². The zero-order valence-corrected chi connectivity index (χ0v) is 15.0. The summed E-state index contributed by atoms with van der Waals surface area (Å²) in [5.41, 5.74) is 0.461. The number of ether oxygens (including phenoxy) is 3. The number of carbonyl (C=O) groups is 2. The molecule has 6 heteroatoms. The first-order valence-electron chi connectivity index (χ1n) is 8.28. The van der Waals surface area contributed by atoms with Gasteiger partial charge in [0.05, 0.1) is 24.5 Å². The molecule has 0 bridgehead atoms. The van der Waals surface area contributed by atoms with Crippen LogP contribution in [-0.4, -0.2) is 36.7 Å². The molecule has 25 heavy (non-hydrogen) atoms. The minimum atomic E-state index is -1.15. The van der Waals surface area contributed by atoms with Gasteiger partial charge in [0.15, 0.2) is 5.60 Å². The Morgan fingerprint density at radius 2 is 1.84 bits per heavy atom. The third-order valence-corrected chi connectivity index (χ3v) is 3.68. The van der Waals surface area contributed by atoms with Gasteiger partial charge in [0.25, 0.3) is 0 Å². The van der Waals surface area contributed by atoms with E-state index < -0.39 is 17.5 Å². The van der Waals surface area contributed by atoms with E-state index in [9.17, 15) is 9.59 Å². The molecule has 1 unspecified atom stereocenters. The van der Waals surface area contributed by atoms with Gasteiger partial charge in [-0.15, -0.1) is 0 Å². The molecule has 1 aromatic carbocycles. The van der Waals surface area contributed by atoms with Gasteiger partial charge >= 0.3 is 11.9 Å². The second kappa shape index (κ2) is 7.96. The summed E-state index contributed by atoms with van der Waals surface area (Å²) in [6, 6.07) is 9.32. The predicted octanol–water partition coefficient (Wildman–Crippen LogP) is 3.12. The summed E-state index contributed by atoms with van der Waals surface area (Å²) >= 11 is 0. The fraction of sp³-hybridized carbons (Fsp3) is 0.421. The van der Waals surface area contributed by atoms with Crippen LogP contribution < -0.4 is 0 Å². The first kappa shape index (κ1) is 18.7. The first-order valence-corrected chi connectivity index (χ1v) is 8.28. The van der Waals surface area contributed by atoms with Gasteiger partial charge in [-0.05, 0) is 20.8 Å². The molecule has 1 aliphatic heterocycles. The van der Waals surface area contributed by atoms with Crippen LogP contribution in [0.1, 0.15) is 39.7 Å². The highest BCUT2D eigenvalue weighted by Gasteiger charge is 2.43. The average Bonchev–Trinajstić information content (AvgIpc) is 2.57. The van der Waals surface area contributed by atoms with Crippen molar-refractivity contribution in [1.29, 1.82) is 0 Å². The lowest BCUT2D eigenvalue weighted by molar-refractivity contribution is -0.152. The molecule has 2 rings (SSSR count). The molecule has 1 heterocycles. The summed E-state index contributed by atoms with van der Waals surface area (Å²) < 4.78 is 16.3. The zero-order valence-electron chi connectivity index (χ0n) is 15.0. The molecule has 0 amide bonds. The lowest BCUT2D eigenvalue weighted by Gasteiger charge is -2.34. The SMILES string of the molecule is CCOC(=O)C1=C(c2ccccc2)N=C(OCC)C(C)(OC(C)=O)C1. The third kappa shape index (κ3) is 4.26. The van der Waals surface area contributed by atoms with E-state index in [0.717, 1.165) is 5.56 Å². The van der Waals surface area contributed by atoms with Crippen LogP contribution in [-0.2, 0) is 23.8 Å². The summed E-state index contributed by atoms with van der Waals surface area (Å²) in [5.74, 6) is -0.669. The van der Waals surface area contributed by atoms with E-state index in [1.807, 2.05) is 37.3 Å². The Hall–Kier alpha value is -2.63. The van der Waals surface area contributed by atoms with E-state index in [1.54, 1.807) is 13.8 Å². The minimum Gasteiger partial charge on any atom is -0.478 e. The number of aliphatic imine (C=N–C) groups is 1. The molecule has 1 aliphatic rings. The van der Waals surface area contributed by atoms with Crippen molar-refractivity contribution in [3.05, 3.63) is 41.5 Å². The highest BCUT2D eigenvalue weighted by molar-refractivity contribution is 6.04. The summed E-state index contributed by atoms with van der Waals surface area (Å²) in [4.78, 5) is 28.6. The molecule has 0 saturated carbocycles. The quantitative estimate of drug-likeness (QED) is 0.767. The van der Waals surface area contributed by atoms with Gasteiger partial charge in [-0.2, -0.15) is 0 Å². The third-order valence-electron chi connectivity index (χ3n) is 3.68. The molecule has 0 aliphatic carbocycles. The molecule has 0 N–H and O–H groups in total. The molecule has 1 aromatic rings. The Morgan fingerprint density at radius 3 is 2.40 bits per heavy atom. The van der Waals surface area contributed by atoms with Crippen LogP contribution in [0.4, 0.5) is 0 Å². The molecule has 6 nitrogen and oxygen atoms in total. The Balaban J connectivity index is 2.58. The maximum Gasteiger partial charge on any atom is 0.336 e. The number of benzene rings is 1. The van der Waals surface area contributed by atoms with Crippen molar-refractivity contribution in [1.82, 2.24) is 0 Å². The number of hydrogen-bond donors (Lipinski definition) is 0. The predicted molar refractivity (Wildman–Crippen MR) is 93.8 cm³/mol. The first-order chi connectivity index (χ1) is 11.9. The van der Waals surface area contributed by atoms with Crippen LogP contribution in [0, 0.1) is 0 Å². The number of nitrogens with zero attached hydrogens (tertiary/aromatic N) is 1. The largest absolute Gasteiger partial charge is 0.478 e. The molecular formula is C19H23NO5. The molecular weight excluding hydrogens is 322 g/mol. The van der Waals surface area contributed by atoms with Crippen molar-refractivity contribution in [2.45, 2.75) is 39.7 Å². The van der Waals surface area contributed by atoms with Crippen molar-refractivity contribution in [2.75, 3.05) is 13.2 Å².